The highest BCUT2D eigenvalue weighted by molar-refractivity contribution is 6.30. The normalized spacial score (nSPS) is 25.1. The van der Waals surface area contributed by atoms with Crippen LogP contribution in [0.5, 0.6) is 0 Å². The molecule has 0 spiro atoms. The first-order valence-electron chi connectivity index (χ1n) is 8.05. The van der Waals surface area contributed by atoms with Gasteiger partial charge in [-0.1, -0.05) is 18.5 Å². The lowest BCUT2D eigenvalue weighted by atomic mass is 9.94. The number of hydrogen-bond donors (Lipinski definition) is 0. The predicted octanol–water partition coefficient (Wildman–Crippen LogP) is 3.71. The van der Waals surface area contributed by atoms with Gasteiger partial charge in [-0.05, 0) is 58.5 Å². The first-order chi connectivity index (χ1) is 9.56. The van der Waals surface area contributed by atoms with E-state index in [-0.39, 0.29) is 0 Å². The number of piperidine rings is 1. The van der Waals surface area contributed by atoms with E-state index < -0.39 is 0 Å². The van der Waals surface area contributed by atoms with E-state index in [0.717, 1.165) is 24.0 Å². The Morgan fingerprint density at radius 2 is 1.90 bits per heavy atom. The quantitative estimate of drug-likeness (QED) is 0.829. The molecule has 0 aromatic carbocycles. The van der Waals surface area contributed by atoms with Crippen LogP contribution in [0.25, 0.3) is 0 Å². The van der Waals surface area contributed by atoms with Crippen LogP contribution in [0.3, 0.4) is 0 Å². The second-order valence-corrected chi connectivity index (χ2v) is 7.22. The number of aromatic nitrogens is 2. The van der Waals surface area contributed by atoms with Crippen LogP contribution in [-0.4, -0.2) is 33.6 Å². The van der Waals surface area contributed by atoms with Gasteiger partial charge in [-0.3, -0.25) is 0 Å². The molecular formula is C16H26ClN3. The summed E-state index contributed by atoms with van der Waals surface area (Å²) in [5, 5.41) is 0.762. The van der Waals surface area contributed by atoms with Gasteiger partial charge in [0.15, 0.2) is 5.15 Å². The molecule has 0 bridgehead atoms. The fourth-order valence-corrected chi connectivity index (χ4v) is 3.97. The molecule has 3 nitrogen and oxygen atoms in total. The molecule has 1 fully saturated rings. The Morgan fingerprint density at radius 3 is 2.55 bits per heavy atom. The van der Waals surface area contributed by atoms with E-state index >= 15 is 0 Å². The maximum Gasteiger partial charge on any atom is 0.150 e. The molecule has 1 unspecified atom stereocenters. The average molecular weight is 296 g/mol. The van der Waals surface area contributed by atoms with Gasteiger partial charge in [-0.15, -0.1) is 0 Å². The topological polar surface area (TPSA) is 21.1 Å². The summed E-state index contributed by atoms with van der Waals surface area (Å²) in [6.07, 6.45) is 4.78. The molecule has 112 valence electrons. The van der Waals surface area contributed by atoms with E-state index in [9.17, 15) is 0 Å². The maximum atomic E-state index is 6.37. The van der Waals surface area contributed by atoms with Crippen LogP contribution in [0.1, 0.15) is 57.5 Å². The van der Waals surface area contributed by atoms with Crippen molar-refractivity contribution in [2.75, 3.05) is 13.1 Å². The smallest absolute Gasteiger partial charge is 0.150 e. The molecule has 0 radical (unpaired) electrons. The summed E-state index contributed by atoms with van der Waals surface area (Å²) in [4.78, 5) is 7.30. The molecule has 3 heterocycles. The lowest BCUT2D eigenvalue weighted by molar-refractivity contribution is 0.167. The van der Waals surface area contributed by atoms with Crippen molar-refractivity contribution in [3.8, 4) is 0 Å². The van der Waals surface area contributed by atoms with E-state index in [1.54, 1.807) is 0 Å². The summed E-state index contributed by atoms with van der Waals surface area (Å²) in [5.74, 6) is 2.61. The van der Waals surface area contributed by atoms with Crippen molar-refractivity contribution in [2.24, 2.45) is 5.92 Å². The van der Waals surface area contributed by atoms with Crippen molar-refractivity contribution >= 4 is 11.6 Å². The van der Waals surface area contributed by atoms with Crippen LogP contribution >= 0.6 is 11.6 Å². The fraction of sp³-hybridized carbons (Fsp3) is 0.812. The molecule has 0 amide bonds. The minimum atomic E-state index is 0.599. The van der Waals surface area contributed by atoms with Crippen molar-refractivity contribution in [1.29, 1.82) is 0 Å². The Balaban J connectivity index is 1.78. The monoisotopic (exact) mass is 295 g/mol. The Kier molecular flexibility index (Phi) is 4.09. The minimum Gasteiger partial charge on any atom is -0.330 e. The molecule has 0 saturated carbocycles. The van der Waals surface area contributed by atoms with Gasteiger partial charge in [-0.25, -0.2) is 4.98 Å². The second-order valence-electron chi connectivity index (χ2n) is 6.87. The molecule has 20 heavy (non-hydrogen) atoms. The van der Waals surface area contributed by atoms with Crippen LogP contribution in [-0.2, 0) is 13.0 Å². The molecule has 3 rings (SSSR count). The zero-order valence-corrected chi connectivity index (χ0v) is 13.7. The summed E-state index contributed by atoms with van der Waals surface area (Å²) < 4.78 is 2.44. The van der Waals surface area contributed by atoms with Crippen LogP contribution < -0.4 is 0 Å². The van der Waals surface area contributed by atoms with Crippen molar-refractivity contribution in [1.82, 2.24) is 14.5 Å². The number of likely N-dealkylation sites (tertiary alicyclic amines) is 1. The van der Waals surface area contributed by atoms with Gasteiger partial charge < -0.3 is 9.47 Å². The molecule has 1 aromatic rings. The van der Waals surface area contributed by atoms with Gasteiger partial charge >= 0.3 is 0 Å². The fourth-order valence-electron chi connectivity index (χ4n) is 3.69. The number of hydrogen-bond acceptors (Lipinski definition) is 2. The number of nitrogens with zero attached hydrogens (tertiary/aromatic N) is 3. The molecule has 1 saturated heterocycles. The number of imidazole rings is 1. The molecule has 2 aliphatic heterocycles. The number of halogens is 1. The number of fused-ring (bicyclic) bond motifs is 1. The molecule has 1 aromatic heterocycles. The van der Waals surface area contributed by atoms with E-state index in [2.05, 4.69) is 30.2 Å². The van der Waals surface area contributed by atoms with Crippen molar-refractivity contribution in [3.63, 3.8) is 0 Å². The molecule has 2 aliphatic rings. The Morgan fingerprint density at radius 1 is 1.20 bits per heavy atom. The van der Waals surface area contributed by atoms with Gasteiger partial charge in [0, 0.05) is 18.5 Å². The van der Waals surface area contributed by atoms with Crippen LogP contribution in [0.15, 0.2) is 0 Å². The van der Waals surface area contributed by atoms with Crippen LogP contribution in [0, 0.1) is 5.92 Å². The molecular weight excluding hydrogens is 270 g/mol. The van der Waals surface area contributed by atoms with Gasteiger partial charge in [0.1, 0.15) is 5.82 Å². The zero-order chi connectivity index (χ0) is 14.3. The lowest BCUT2D eigenvalue weighted by Crippen LogP contribution is -2.38. The highest BCUT2D eigenvalue weighted by Crippen LogP contribution is 2.34. The summed E-state index contributed by atoms with van der Waals surface area (Å²) in [6, 6.07) is 0.661. The van der Waals surface area contributed by atoms with E-state index in [1.807, 2.05) is 0 Å². The molecule has 1 atom stereocenters. The molecule has 4 heteroatoms. The van der Waals surface area contributed by atoms with E-state index in [0.29, 0.717) is 12.0 Å². The Hall–Kier alpha value is -0.540. The lowest BCUT2D eigenvalue weighted by Gasteiger charge is -2.35. The first-order valence-corrected chi connectivity index (χ1v) is 8.43. The Bertz CT molecular complexity index is 472. The SMILES string of the molecule is CC1CCc2c(Cl)nc(C3CCN(C(C)C)CC3)n2C1. The number of rotatable bonds is 2. The van der Waals surface area contributed by atoms with Crippen LogP contribution in [0.4, 0.5) is 0 Å². The summed E-state index contributed by atoms with van der Waals surface area (Å²) in [7, 11) is 0. The zero-order valence-electron chi connectivity index (χ0n) is 12.9. The standard InChI is InChI=1S/C16H26ClN3/c1-11(2)19-8-6-13(7-9-19)16-18-15(17)14-5-4-12(3)10-20(14)16/h11-13H,4-10H2,1-3H3. The summed E-state index contributed by atoms with van der Waals surface area (Å²) >= 11 is 6.37. The average Bonchev–Trinajstić information content (AvgIpc) is 2.75. The largest absolute Gasteiger partial charge is 0.330 e. The van der Waals surface area contributed by atoms with Gasteiger partial charge in [0.25, 0.3) is 0 Å². The minimum absolute atomic E-state index is 0.599. The van der Waals surface area contributed by atoms with Crippen molar-refractivity contribution in [2.45, 2.75) is 65.0 Å². The van der Waals surface area contributed by atoms with E-state index in [1.165, 1.54) is 43.9 Å². The third-order valence-corrected chi connectivity index (χ3v) is 5.35. The maximum absolute atomic E-state index is 6.37. The highest BCUT2D eigenvalue weighted by atomic mass is 35.5. The first kappa shape index (κ1) is 14.4. The third kappa shape index (κ3) is 2.62. The Labute approximate surface area is 127 Å². The van der Waals surface area contributed by atoms with Crippen LogP contribution in [0.2, 0.25) is 5.15 Å². The van der Waals surface area contributed by atoms with Crippen molar-refractivity contribution < 1.29 is 0 Å². The van der Waals surface area contributed by atoms with Gasteiger partial charge in [-0.2, -0.15) is 0 Å². The second kappa shape index (κ2) is 5.69. The molecule has 0 N–H and O–H groups in total. The van der Waals surface area contributed by atoms with Gasteiger partial charge in [0.2, 0.25) is 0 Å². The van der Waals surface area contributed by atoms with E-state index in [4.69, 9.17) is 16.6 Å². The molecule has 0 aliphatic carbocycles. The predicted molar refractivity (Wildman–Crippen MR) is 83.4 cm³/mol. The summed E-state index contributed by atoms with van der Waals surface area (Å²) in [5.41, 5.74) is 1.28. The third-order valence-electron chi connectivity index (χ3n) is 5.05. The van der Waals surface area contributed by atoms with Gasteiger partial charge in [0.05, 0.1) is 5.69 Å². The highest BCUT2D eigenvalue weighted by Gasteiger charge is 2.29. The van der Waals surface area contributed by atoms with Crippen molar-refractivity contribution in [3.05, 3.63) is 16.7 Å². The summed E-state index contributed by atoms with van der Waals surface area (Å²) in [6.45, 7) is 10.4.